The van der Waals surface area contributed by atoms with Gasteiger partial charge in [0.2, 0.25) is 0 Å². The maximum atomic E-state index is 8.73. The van der Waals surface area contributed by atoms with Gasteiger partial charge in [-0.1, -0.05) is 12.1 Å². The van der Waals surface area contributed by atoms with Gasteiger partial charge < -0.3 is 10.8 Å². The van der Waals surface area contributed by atoms with Crippen LogP contribution in [-0.2, 0) is 6.54 Å². The minimum absolute atomic E-state index is 0.100. The number of aryl methyl sites for hydroxylation is 1. The Morgan fingerprint density at radius 1 is 1.33 bits per heavy atom. The highest BCUT2D eigenvalue weighted by Crippen LogP contribution is 2.15. The molecule has 24 heavy (non-hydrogen) atoms. The van der Waals surface area contributed by atoms with E-state index >= 15 is 0 Å². The number of nitrogens with zero attached hydrogens (tertiary/aromatic N) is 4. The smallest absolute Gasteiger partial charge is 0.152 e. The number of hydrogen-bond acceptors (Lipinski definition) is 8. The first-order chi connectivity index (χ1) is 11.6. The van der Waals surface area contributed by atoms with Gasteiger partial charge in [-0.2, -0.15) is 0 Å². The van der Waals surface area contributed by atoms with E-state index in [-0.39, 0.29) is 6.61 Å². The van der Waals surface area contributed by atoms with Crippen LogP contribution in [0.25, 0.3) is 0 Å². The summed E-state index contributed by atoms with van der Waals surface area (Å²) in [5.41, 5.74) is 7.53. The Labute approximate surface area is 145 Å². The van der Waals surface area contributed by atoms with E-state index in [1.807, 2.05) is 31.2 Å². The van der Waals surface area contributed by atoms with Gasteiger partial charge in [-0.25, -0.2) is 20.9 Å². The fraction of sp³-hybridized carbons (Fsp3) is 0.267. The highest BCUT2D eigenvalue weighted by atomic mass is 32.2. The number of hydrazone groups is 1. The molecule has 0 radical (unpaired) electrons. The number of nitrogens with one attached hydrogen (secondary N) is 1. The molecule has 6 N–H and O–H groups in total. The molecule has 0 bridgehead atoms. The van der Waals surface area contributed by atoms with Crippen LogP contribution in [0.1, 0.15) is 17.1 Å². The van der Waals surface area contributed by atoms with E-state index in [2.05, 4.69) is 19.8 Å². The zero-order valence-corrected chi connectivity index (χ0v) is 14.2. The molecule has 0 atom stereocenters. The van der Waals surface area contributed by atoms with E-state index in [0.717, 1.165) is 16.2 Å². The standard InChI is InChI=1S/C15H21N7OS/c1-11-18-7-6-13(20-11)10-22(17)21-15(16)12-2-4-14(5-3-12)24-19-8-9-23/h2-7,19,23H,8-10,17H2,1H3,(H2,16,21). The van der Waals surface area contributed by atoms with Gasteiger partial charge in [0.15, 0.2) is 5.84 Å². The number of aromatic nitrogens is 2. The van der Waals surface area contributed by atoms with Crippen LogP contribution >= 0.6 is 11.9 Å². The Bertz CT molecular complexity index is 678. The van der Waals surface area contributed by atoms with Crippen molar-refractivity contribution in [3.63, 3.8) is 0 Å². The second kappa shape index (κ2) is 9.18. The van der Waals surface area contributed by atoms with Gasteiger partial charge in [-0.05, 0) is 37.1 Å². The van der Waals surface area contributed by atoms with Crippen molar-refractivity contribution in [1.29, 1.82) is 0 Å². The minimum Gasteiger partial charge on any atom is -0.395 e. The molecule has 2 aromatic rings. The van der Waals surface area contributed by atoms with Crippen molar-refractivity contribution in [2.45, 2.75) is 18.4 Å². The maximum Gasteiger partial charge on any atom is 0.152 e. The third-order valence-electron chi connectivity index (χ3n) is 2.95. The van der Waals surface area contributed by atoms with E-state index in [1.165, 1.54) is 17.1 Å². The summed E-state index contributed by atoms with van der Waals surface area (Å²) in [6.07, 6.45) is 1.68. The molecule has 128 valence electrons. The van der Waals surface area contributed by atoms with Crippen LogP contribution in [0, 0.1) is 6.92 Å². The van der Waals surface area contributed by atoms with Crippen molar-refractivity contribution in [2.75, 3.05) is 13.2 Å². The van der Waals surface area contributed by atoms with Crippen molar-refractivity contribution in [3.05, 3.63) is 53.6 Å². The summed E-state index contributed by atoms with van der Waals surface area (Å²) in [4.78, 5) is 9.32. The zero-order chi connectivity index (χ0) is 17.4. The molecule has 9 heteroatoms. The van der Waals surface area contributed by atoms with Gasteiger partial charge >= 0.3 is 0 Å². The molecule has 0 aliphatic carbocycles. The number of benzene rings is 1. The van der Waals surface area contributed by atoms with Crippen molar-refractivity contribution < 1.29 is 5.11 Å². The van der Waals surface area contributed by atoms with E-state index < -0.39 is 0 Å². The first-order valence-corrected chi connectivity index (χ1v) is 8.16. The average Bonchev–Trinajstić information content (AvgIpc) is 2.55. The molecule has 0 saturated carbocycles. The molecule has 1 aromatic heterocycles. The predicted octanol–water partition coefficient (Wildman–Crippen LogP) is 0.370. The maximum absolute atomic E-state index is 8.73. The molecule has 0 unspecified atom stereocenters. The molecule has 1 aromatic carbocycles. The Balaban J connectivity index is 1.96. The van der Waals surface area contributed by atoms with E-state index in [1.54, 1.807) is 12.3 Å². The largest absolute Gasteiger partial charge is 0.395 e. The second-order valence-corrected chi connectivity index (χ2v) is 5.89. The summed E-state index contributed by atoms with van der Waals surface area (Å²) in [5, 5.41) is 14.2. The molecule has 0 aliphatic heterocycles. The first kappa shape index (κ1) is 18.1. The third-order valence-corrected chi connectivity index (χ3v) is 3.80. The molecular formula is C15H21N7OS. The van der Waals surface area contributed by atoms with Crippen molar-refractivity contribution in [3.8, 4) is 0 Å². The van der Waals surface area contributed by atoms with Gasteiger partial charge in [0, 0.05) is 23.2 Å². The highest BCUT2D eigenvalue weighted by molar-refractivity contribution is 7.97. The van der Waals surface area contributed by atoms with Crippen LogP contribution in [0.15, 0.2) is 46.5 Å². The Hall–Kier alpha value is -2.20. The molecule has 0 spiro atoms. The number of hydrogen-bond donors (Lipinski definition) is 4. The van der Waals surface area contributed by atoms with Gasteiger partial charge in [0.05, 0.1) is 18.8 Å². The average molecular weight is 347 g/mol. The Morgan fingerprint density at radius 3 is 2.75 bits per heavy atom. The van der Waals surface area contributed by atoms with Gasteiger partial charge in [-0.3, -0.25) is 4.72 Å². The lowest BCUT2D eigenvalue weighted by atomic mass is 10.2. The molecule has 1 heterocycles. The van der Waals surface area contributed by atoms with Gasteiger partial charge in [-0.15, -0.1) is 5.10 Å². The summed E-state index contributed by atoms with van der Waals surface area (Å²) in [5.74, 6) is 6.88. The quantitative estimate of drug-likeness (QED) is 0.135. The molecule has 0 aliphatic rings. The Kier molecular flexibility index (Phi) is 6.94. The predicted molar refractivity (Wildman–Crippen MR) is 94.6 cm³/mol. The number of hydrazine groups is 1. The van der Waals surface area contributed by atoms with Gasteiger partial charge in [0.25, 0.3) is 0 Å². The molecular weight excluding hydrogens is 326 g/mol. The van der Waals surface area contributed by atoms with E-state index in [9.17, 15) is 0 Å². The summed E-state index contributed by atoms with van der Waals surface area (Å²) in [7, 11) is 0. The van der Waals surface area contributed by atoms with Crippen molar-refractivity contribution >= 4 is 17.8 Å². The summed E-state index contributed by atoms with van der Waals surface area (Å²) < 4.78 is 3.03. The summed E-state index contributed by atoms with van der Waals surface area (Å²) >= 11 is 1.44. The third kappa shape index (κ3) is 5.78. The monoisotopic (exact) mass is 347 g/mol. The molecule has 2 rings (SSSR count). The SMILES string of the molecule is Cc1nccc(CN(N)/N=C(\N)c2ccc(SNCCO)cc2)n1. The van der Waals surface area contributed by atoms with E-state index in [4.69, 9.17) is 16.7 Å². The molecule has 8 nitrogen and oxygen atoms in total. The lowest BCUT2D eigenvalue weighted by molar-refractivity contribution is 0.286. The topological polar surface area (TPSA) is 126 Å². The highest BCUT2D eigenvalue weighted by Gasteiger charge is 2.04. The number of aliphatic hydroxyl groups is 1. The summed E-state index contributed by atoms with van der Waals surface area (Å²) in [6, 6.07) is 9.35. The lowest BCUT2D eigenvalue weighted by Gasteiger charge is -2.13. The normalized spacial score (nSPS) is 11.5. The Morgan fingerprint density at radius 2 is 2.08 bits per heavy atom. The van der Waals surface area contributed by atoms with Crippen LogP contribution in [0.2, 0.25) is 0 Å². The fourth-order valence-corrected chi connectivity index (χ4v) is 2.50. The second-order valence-electron chi connectivity index (χ2n) is 4.92. The number of aliphatic hydroxyl groups excluding tert-OH is 1. The minimum atomic E-state index is 0.100. The summed E-state index contributed by atoms with van der Waals surface area (Å²) in [6.45, 7) is 2.78. The van der Waals surface area contributed by atoms with Crippen LogP contribution < -0.4 is 16.3 Å². The van der Waals surface area contributed by atoms with Crippen LogP contribution in [-0.4, -0.2) is 39.2 Å². The van der Waals surface area contributed by atoms with Crippen LogP contribution in [0.3, 0.4) is 0 Å². The van der Waals surface area contributed by atoms with Crippen LogP contribution in [0.5, 0.6) is 0 Å². The zero-order valence-electron chi connectivity index (χ0n) is 13.4. The number of amidine groups is 1. The fourth-order valence-electron chi connectivity index (χ4n) is 1.86. The van der Waals surface area contributed by atoms with E-state index in [0.29, 0.717) is 24.7 Å². The molecule has 0 saturated heterocycles. The van der Waals surface area contributed by atoms with Gasteiger partial charge in [0.1, 0.15) is 5.82 Å². The molecule has 0 fully saturated rings. The molecule has 0 amide bonds. The van der Waals surface area contributed by atoms with Crippen LogP contribution in [0.4, 0.5) is 0 Å². The van der Waals surface area contributed by atoms with Crippen molar-refractivity contribution in [1.82, 2.24) is 19.8 Å². The lowest BCUT2D eigenvalue weighted by Crippen LogP contribution is -2.29. The number of rotatable bonds is 8. The first-order valence-electron chi connectivity index (χ1n) is 7.34. The van der Waals surface area contributed by atoms with Crippen molar-refractivity contribution in [2.24, 2.45) is 16.7 Å². The number of nitrogens with two attached hydrogens (primary N) is 2.